The molecule has 0 radical (unpaired) electrons. The Kier molecular flexibility index (Phi) is 6.68. The molecule has 5 nitrogen and oxygen atoms in total. The minimum absolute atomic E-state index is 0.0305. The Labute approximate surface area is 175 Å². The SMILES string of the molecule is Cc1ccc(CN2CCC(c3nc(C)c(CC(=O)NC(C)C)c(C)n3)C2)cc1C. The van der Waals surface area contributed by atoms with Crippen LogP contribution in [0.5, 0.6) is 0 Å². The first kappa shape index (κ1) is 21.4. The van der Waals surface area contributed by atoms with Crippen molar-refractivity contribution < 1.29 is 4.79 Å². The third-order valence-corrected chi connectivity index (χ3v) is 5.84. The molecule has 2 aromatic rings. The number of aromatic nitrogens is 2. The van der Waals surface area contributed by atoms with Gasteiger partial charge in [-0.05, 0) is 71.2 Å². The molecule has 1 atom stereocenters. The third-order valence-electron chi connectivity index (χ3n) is 5.84. The summed E-state index contributed by atoms with van der Waals surface area (Å²) in [6.07, 6.45) is 1.43. The van der Waals surface area contributed by atoms with Gasteiger partial charge in [-0.25, -0.2) is 9.97 Å². The Morgan fingerprint density at radius 1 is 1.14 bits per heavy atom. The Morgan fingerprint density at radius 2 is 1.83 bits per heavy atom. The van der Waals surface area contributed by atoms with E-state index >= 15 is 0 Å². The zero-order valence-corrected chi connectivity index (χ0v) is 18.7. The van der Waals surface area contributed by atoms with Gasteiger partial charge in [-0.1, -0.05) is 18.2 Å². The molecule has 1 aromatic carbocycles. The van der Waals surface area contributed by atoms with E-state index in [4.69, 9.17) is 9.97 Å². The molecule has 1 unspecified atom stereocenters. The quantitative estimate of drug-likeness (QED) is 0.810. The minimum atomic E-state index is 0.0305. The van der Waals surface area contributed by atoms with Crippen LogP contribution in [0.1, 0.15) is 65.7 Å². The Morgan fingerprint density at radius 3 is 2.45 bits per heavy atom. The zero-order valence-electron chi connectivity index (χ0n) is 18.7. The molecule has 1 aliphatic heterocycles. The van der Waals surface area contributed by atoms with E-state index in [2.05, 4.69) is 42.3 Å². The average Bonchev–Trinajstić information content (AvgIpc) is 3.09. The lowest BCUT2D eigenvalue weighted by molar-refractivity contribution is -0.120. The molecule has 1 aromatic heterocycles. The van der Waals surface area contributed by atoms with Gasteiger partial charge in [0.25, 0.3) is 0 Å². The average molecular weight is 395 g/mol. The van der Waals surface area contributed by atoms with Crippen molar-refractivity contribution in [3.63, 3.8) is 0 Å². The van der Waals surface area contributed by atoms with Gasteiger partial charge in [0.05, 0.1) is 6.42 Å². The van der Waals surface area contributed by atoms with E-state index in [0.29, 0.717) is 12.3 Å². The molecule has 156 valence electrons. The molecule has 1 saturated heterocycles. The second-order valence-electron chi connectivity index (χ2n) is 8.77. The molecular weight excluding hydrogens is 360 g/mol. The van der Waals surface area contributed by atoms with E-state index in [1.54, 1.807) is 0 Å². The number of carbonyl (C=O) groups is 1. The van der Waals surface area contributed by atoms with Crippen molar-refractivity contribution in [1.82, 2.24) is 20.2 Å². The van der Waals surface area contributed by atoms with Crippen molar-refractivity contribution >= 4 is 5.91 Å². The summed E-state index contributed by atoms with van der Waals surface area (Å²) in [5, 5.41) is 2.95. The fourth-order valence-electron chi connectivity index (χ4n) is 4.08. The van der Waals surface area contributed by atoms with E-state index in [9.17, 15) is 4.79 Å². The number of benzene rings is 1. The maximum atomic E-state index is 12.2. The zero-order chi connectivity index (χ0) is 21.1. The van der Waals surface area contributed by atoms with Crippen LogP contribution < -0.4 is 5.32 Å². The summed E-state index contributed by atoms with van der Waals surface area (Å²) < 4.78 is 0. The number of hydrogen-bond acceptors (Lipinski definition) is 4. The molecule has 3 rings (SSSR count). The molecule has 1 N–H and O–H groups in total. The van der Waals surface area contributed by atoms with E-state index in [-0.39, 0.29) is 11.9 Å². The summed E-state index contributed by atoms with van der Waals surface area (Å²) in [6.45, 7) is 15.3. The normalized spacial score (nSPS) is 17.1. The third kappa shape index (κ3) is 5.41. The Hall–Kier alpha value is -2.27. The molecule has 0 saturated carbocycles. The standard InChI is InChI=1S/C24H34N4O/c1-15(2)25-23(29)12-22-18(5)26-24(27-19(22)6)21-9-10-28(14-21)13-20-8-7-16(3)17(4)11-20/h7-8,11,15,21H,9-10,12-14H2,1-6H3,(H,25,29). The van der Waals surface area contributed by atoms with Crippen LogP contribution in [0, 0.1) is 27.7 Å². The maximum Gasteiger partial charge on any atom is 0.224 e. The highest BCUT2D eigenvalue weighted by atomic mass is 16.1. The molecule has 1 fully saturated rings. The van der Waals surface area contributed by atoms with Crippen molar-refractivity contribution in [2.45, 2.75) is 72.9 Å². The first-order valence-corrected chi connectivity index (χ1v) is 10.6. The molecule has 0 spiro atoms. The molecule has 0 bridgehead atoms. The van der Waals surface area contributed by atoms with Gasteiger partial charge in [0.15, 0.2) is 0 Å². The molecule has 1 amide bonds. The van der Waals surface area contributed by atoms with E-state index < -0.39 is 0 Å². The number of amides is 1. The highest BCUT2D eigenvalue weighted by Gasteiger charge is 2.27. The van der Waals surface area contributed by atoms with Gasteiger partial charge in [-0.15, -0.1) is 0 Å². The first-order valence-electron chi connectivity index (χ1n) is 10.6. The number of nitrogens with one attached hydrogen (secondary N) is 1. The van der Waals surface area contributed by atoms with Crippen molar-refractivity contribution in [2.75, 3.05) is 13.1 Å². The topological polar surface area (TPSA) is 58.1 Å². The summed E-state index contributed by atoms with van der Waals surface area (Å²) in [5.41, 5.74) is 6.88. The van der Waals surface area contributed by atoms with Gasteiger partial charge < -0.3 is 5.32 Å². The number of nitrogens with zero attached hydrogens (tertiary/aromatic N) is 3. The molecular formula is C24H34N4O. The fourth-order valence-corrected chi connectivity index (χ4v) is 4.08. The molecule has 1 aliphatic rings. The number of rotatable bonds is 6. The summed E-state index contributed by atoms with van der Waals surface area (Å²) in [5.74, 6) is 1.32. The number of likely N-dealkylation sites (tertiary alicyclic amines) is 1. The predicted octanol–water partition coefficient (Wildman–Crippen LogP) is 3.77. The summed E-state index contributed by atoms with van der Waals surface area (Å²) in [6, 6.07) is 6.88. The van der Waals surface area contributed by atoms with Gasteiger partial charge in [-0.3, -0.25) is 9.69 Å². The van der Waals surface area contributed by atoms with E-state index in [0.717, 1.165) is 48.8 Å². The lowest BCUT2D eigenvalue weighted by Gasteiger charge is -2.18. The van der Waals surface area contributed by atoms with Crippen molar-refractivity contribution in [3.05, 3.63) is 57.7 Å². The molecule has 0 aliphatic carbocycles. The van der Waals surface area contributed by atoms with Crippen LogP contribution in [-0.2, 0) is 17.8 Å². The Balaban J connectivity index is 1.66. The van der Waals surface area contributed by atoms with E-state index in [1.165, 1.54) is 16.7 Å². The van der Waals surface area contributed by atoms with Crippen LogP contribution >= 0.6 is 0 Å². The molecule has 29 heavy (non-hydrogen) atoms. The van der Waals surface area contributed by atoms with Crippen molar-refractivity contribution in [1.29, 1.82) is 0 Å². The first-order chi connectivity index (χ1) is 13.7. The number of carbonyl (C=O) groups excluding carboxylic acids is 1. The van der Waals surface area contributed by atoms with Crippen LogP contribution in [-0.4, -0.2) is 39.9 Å². The number of hydrogen-bond donors (Lipinski definition) is 1. The van der Waals surface area contributed by atoms with Crippen molar-refractivity contribution in [2.24, 2.45) is 0 Å². The highest BCUT2D eigenvalue weighted by Crippen LogP contribution is 2.27. The lowest BCUT2D eigenvalue weighted by atomic mass is 10.0. The summed E-state index contributed by atoms with van der Waals surface area (Å²) in [4.78, 5) is 24.2. The van der Waals surface area contributed by atoms with Crippen LogP contribution in [0.15, 0.2) is 18.2 Å². The minimum Gasteiger partial charge on any atom is -0.354 e. The number of aryl methyl sites for hydroxylation is 4. The maximum absolute atomic E-state index is 12.2. The lowest BCUT2D eigenvalue weighted by Crippen LogP contribution is -2.32. The Bertz CT molecular complexity index is 867. The van der Waals surface area contributed by atoms with Gasteiger partial charge in [0, 0.05) is 42.0 Å². The van der Waals surface area contributed by atoms with Crippen LogP contribution in [0.2, 0.25) is 0 Å². The van der Waals surface area contributed by atoms with Gasteiger partial charge in [0.2, 0.25) is 5.91 Å². The van der Waals surface area contributed by atoms with Crippen molar-refractivity contribution in [3.8, 4) is 0 Å². The van der Waals surface area contributed by atoms with Crippen LogP contribution in [0.25, 0.3) is 0 Å². The van der Waals surface area contributed by atoms with Gasteiger partial charge in [-0.2, -0.15) is 0 Å². The second kappa shape index (κ2) is 9.04. The molecule has 5 heteroatoms. The van der Waals surface area contributed by atoms with Gasteiger partial charge in [0.1, 0.15) is 5.82 Å². The summed E-state index contributed by atoms with van der Waals surface area (Å²) >= 11 is 0. The van der Waals surface area contributed by atoms with Gasteiger partial charge >= 0.3 is 0 Å². The largest absolute Gasteiger partial charge is 0.354 e. The summed E-state index contributed by atoms with van der Waals surface area (Å²) in [7, 11) is 0. The smallest absolute Gasteiger partial charge is 0.224 e. The van der Waals surface area contributed by atoms with Crippen LogP contribution in [0.4, 0.5) is 0 Å². The molecule has 2 heterocycles. The van der Waals surface area contributed by atoms with Crippen LogP contribution in [0.3, 0.4) is 0 Å². The fraction of sp³-hybridized carbons (Fsp3) is 0.542. The van der Waals surface area contributed by atoms with E-state index in [1.807, 2.05) is 27.7 Å². The predicted molar refractivity (Wildman–Crippen MR) is 117 cm³/mol. The monoisotopic (exact) mass is 394 g/mol. The highest BCUT2D eigenvalue weighted by molar-refractivity contribution is 5.79. The second-order valence-corrected chi connectivity index (χ2v) is 8.77.